The van der Waals surface area contributed by atoms with Crippen molar-refractivity contribution in [1.29, 1.82) is 5.26 Å². The Bertz CT molecular complexity index is 1290. The molecule has 35 heavy (non-hydrogen) atoms. The molecule has 12 heteroatoms. The topological polar surface area (TPSA) is 103 Å². The number of nitriles is 1. The van der Waals surface area contributed by atoms with Crippen LogP contribution in [0.15, 0.2) is 46.9 Å². The monoisotopic (exact) mass is 545 g/mol. The summed E-state index contributed by atoms with van der Waals surface area (Å²) in [6.07, 6.45) is -4.08. The van der Waals surface area contributed by atoms with Crippen LogP contribution in [0.3, 0.4) is 0 Å². The zero-order chi connectivity index (χ0) is 25.0. The van der Waals surface area contributed by atoms with Crippen LogP contribution in [0.2, 0.25) is 0 Å². The summed E-state index contributed by atoms with van der Waals surface area (Å²) in [4.78, 5) is 25.6. The van der Waals surface area contributed by atoms with E-state index in [1.54, 1.807) is 19.2 Å². The van der Waals surface area contributed by atoms with Crippen LogP contribution in [-0.4, -0.2) is 73.9 Å². The molecule has 1 atom stereocenters. The van der Waals surface area contributed by atoms with Gasteiger partial charge in [-0.2, -0.15) is 23.5 Å². The fourth-order valence-corrected chi connectivity index (χ4v) is 4.88. The van der Waals surface area contributed by atoms with Crippen molar-refractivity contribution in [3.63, 3.8) is 0 Å². The standard InChI is InChI=1S/C23H18F3N3O3S2.K.H/c1-3-13(10-27)19(30)17-8-9-18(34-17)22(32)29-28-12(2)16-11-33-21(20(16)31)14-4-6-15(7-5-14)23(24,25)26;;/h4-9,11,13,31H,3H2,1-2H3,(H,29,32);;. The summed E-state index contributed by atoms with van der Waals surface area (Å²) in [6, 6.07) is 9.32. The Balaban J connectivity index is 0.00000432. The number of carbonyl (C=O) groups excluding carboxylic acids is 2. The molecule has 0 saturated heterocycles. The number of thiophene rings is 2. The van der Waals surface area contributed by atoms with Crippen LogP contribution in [0, 0.1) is 17.2 Å². The normalized spacial score (nSPS) is 12.4. The maximum atomic E-state index is 12.8. The van der Waals surface area contributed by atoms with Crippen LogP contribution >= 0.6 is 22.7 Å². The van der Waals surface area contributed by atoms with Crippen LogP contribution in [-0.2, 0) is 6.18 Å². The average Bonchev–Trinajstić information content (AvgIpc) is 3.45. The molecule has 2 N–H and O–H groups in total. The molecule has 0 aliphatic rings. The number of hydrazone groups is 1. The SMILES string of the molecule is CCC(C#N)C(=O)c1ccc(C(=O)NN=C(C)c2csc(-c3ccc(C(F)(F)F)cc3)c2O)s1.[KH]. The Labute approximate surface area is 249 Å². The van der Waals surface area contributed by atoms with E-state index in [4.69, 9.17) is 5.26 Å². The Morgan fingerprint density at radius 3 is 2.37 bits per heavy atom. The second kappa shape index (κ2) is 12.4. The summed E-state index contributed by atoms with van der Waals surface area (Å²) >= 11 is 2.08. The summed E-state index contributed by atoms with van der Waals surface area (Å²) in [6.45, 7) is 3.29. The maximum absolute atomic E-state index is 12.8. The molecule has 0 saturated carbocycles. The summed E-state index contributed by atoms with van der Waals surface area (Å²) in [5, 5.41) is 25.2. The van der Waals surface area contributed by atoms with Crippen LogP contribution in [0.25, 0.3) is 10.4 Å². The number of hydrogen-bond donors (Lipinski definition) is 2. The first-order valence-corrected chi connectivity index (χ1v) is 11.6. The molecule has 0 radical (unpaired) electrons. The van der Waals surface area contributed by atoms with Crippen LogP contribution in [0.1, 0.15) is 50.7 Å². The third-order valence-corrected chi connectivity index (χ3v) is 7.02. The molecule has 2 aromatic heterocycles. The molecular weight excluding hydrogens is 526 g/mol. The van der Waals surface area contributed by atoms with E-state index >= 15 is 0 Å². The molecule has 0 fully saturated rings. The number of alkyl halides is 3. The van der Waals surface area contributed by atoms with Crippen molar-refractivity contribution < 1.29 is 27.9 Å². The number of aromatic hydroxyl groups is 1. The number of nitrogens with zero attached hydrogens (tertiary/aromatic N) is 2. The third kappa shape index (κ3) is 6.88. The minimum atomic E-state index is -4.45. The van der Waals surface area contributed by atoms with E-state index < -0.39 is 23.6 Å². The number of rotatable bonds is 7. The molecule has 1 unspecified atom stereocenters. The molecule has 1 amide bonds. The predicted molar refractivity (Wildman–Crippen MR) is 131 cm³/mol. The summed E-state index contributed by atoms with van der Waals surface area (Å²) < 4.78 is 38.3. The Hall–Kier alpha value is -1.85. The van der Waals surface area contributed by atoms with Crippen molar-refractivity contribution in [3.8, 4) is 22.3 Å². The van der Waals surface area contributed by atoms with Crippen LogP contribution in [0.4, 0.5) is 13.2 Å². The van der Waals surface area contributed by atoms with Gasteiger partial charge in [-0.25, -0.2) is 5.43 Å². The molecule has 0 aliphatic carbocycles. The number of amides is 1. The van der Waals surface area contributed by atoms with Crippen molar-refractivity contribution in [2.75, 3.05) is 0 Å². The first kappa shape index (κ1) is 29.4. The first-order valence-electron chi connectivity index (χ1n) is 9.93. The number of hydrogen-bond acceptors (Lipinski definition) is 7. The van der Waals surface area contributed by atoms with Gasteiger partial charge in [-0.3, -0.25) is 9.59 Å². The van der Waals surface area contributed by atoms with Crippen molar-refractivity contribution >= 4 is 91.5 Å². The van der Waals surface area contributed by atoms with Gasteiger partial charge < -0.3 is 5.11 Å². The van der Waals surface area contributed by atoms with Gasteiger partial charge in [-0.05, 0) is 43.2 Å². The number of Topliss-reactive ketones (excluding diaryl/α,β-unsaturated/α-hetero) is 1. The molecule has 0 spiro atoms. The summed E-state index contributed by atoms with van der Waals surface area (Å²) in [5.74, 6) is -1.83. The van der Waals surface area contributed by atoms with Crippen LogP contribution < -0.4 is 5.43 Å². The molecule has 0 aliphatic heterocycles. The molecule has 3 aromatic rings. The zero-order valence-electron chi connectivity index (χ0n) is 17.9. The van der Waals surface area contributed by atoms with Crippen LogP contribution in [0.5, 0.6) is 5.75 Å². The van der Waals surface area contributed by atoms with E-state index in [1.807, 2.05) is 6.07 Å². The van der Waals surface area contributed by atoms with E-state index in [0.29, 0.717) is 27.3 Å². The van der Waals surface area contributed by atoms with Crippen molar-refractivity contribution in [3.05, 3.63) is 62.7 Å². The molecule has 178 valence electrons. The van der Waals surface area contributed by atoms with E-state index in [1.165, 1.54) is 24.3 Å². The van der Waals surface area contributed by atoms with Gasteiger partial charge in [0.15, 0.2) is 5.78 Å². The van der Waals surface area contributed by atoms with Gasteiger partial charge >= 0.3 is 57.6 Å². The van der Waals surface area contributed by atoms with E-state index in [0.717, 1.165) is 34.8 Å². The van der Waals surface area contributed by atoms with Gasteiger partial charge in [0.2, 0.25) is 0 Å². The van der Waals surface area contributed by atoms with E-state index in [9.17, 15) is 27.9 Å². The van der Waals surface area contributed by atoms with Gasteiger partial charge in [-0.1, -0.05) is 19.1 Å². The van der Waals surface area contributed by atoms with E-state index in [-0.39, 0.29) is 73.5 Å². The van der Waals surface area contributed by atoms with Gasteiger partial charge in [0, 0.05) is 5.38 Å². The molecule has 1 aromatic carbocycles. The fraction of sp³-hybridized carbons (Fsp3) is 0.217. The summed E-state index contributed by atoms with van der Waals surface area (Å²) in [5.41, 5.74) is 2.59. The number of benzene rings is 1. The molecular formula is C23H19F3KN3O3S2. The van der Waals surface area contributed by atoms with Crippen molar-refractivity contribution in [1.82, 2.24) is 5.43 Å². The van der Waals surface area contributed by atoms with Crippen molar-refractivity contribution in [2.24, 2.45) is 11.0 Å². The number of ketones is 1. The van der Waals surface area contributed by atoms with E-state index in [2.05, 4.69) is 10.5 Å². The predicted octanol–water partition coefficient (Wildman–Crippen LogP) is 5.44. The van der Waals surface area contributed by atoms with Gasteiger partial charge in [-0.15, -0.1) is 22.7 Å². The molecule has 3 rings (SSSR count). The molecule has 2 heterocycles. The quantitative estimate of drug-likeness (QED) is 0.179. The van der Waals surface area contributed by atoms with Gasteiger partial charge in [0.05, 0.1) is 37.5 Å². The minimum absolute atomic E-state index is 0. The average molecular weight is 546 g/mol. The second-order valence-corrected chi connectivity index (χ2v) is 9.12. The number of halogens is 3. The number of carbonyl (C=O) groups is 2. The van der Waals surface area contributed by atoms with Gasteiger partial charge in [0.1, 0.15) is 11.7 Å². The fourth-order valence-electron chi connectivity index (χ4n) is 2.97. The third-order valence-electron chi connectivity index (χ3n) is 4.91. The first-order chi connectivity index (χ1) is 16.1. The Morgan fingerprint density at radius 2 is 1.80 bits per heavy atom. The van der Waals surface area contributed by atoms with Gasteiger partial charge in [0.25, 0.3) is 5.91 Å². The Morgan fingerprint density at radius 1 is 1.17 bits per heavy atom. The Kier molecular flexibility index (Phi) is 10.4. The molecule has 0 bridgehead atoms. The molecule has 6 nitrogen and oxygen atoms in total. The zero-order valence-corrected chi connectivity index (χ0v) is 19.6. The van der Waals surface area contributed by atoms with Crippen molar-refractivity contribution in [2.45, 2.75) is 26.4 Å². The summed E-state index contributed by atoms with van der Waals surface area (Å²) in [7, 11) is 0. The number of nitrogens with one attached hydrogen (secondary N) is 1. The second-order valence-electron chi connectivity index (χ2n) is 7.16.